The van der Waals surface area contributed by atoms with Crippen LogP contribution in [0.3, 0.4) is 0 Å². The van der Waals surface area contributed by atoms with Crippen LogP contribution in [0.1, 0.15) is 31.1 Å². The van der Waals surface area contributed by atoms with E-state index in [9.17, 15) is 9.50 Å². The number of rotatable bonds is 2. The van der Waals surface area contributed by atoms with Crippen LogP contribution in [0.15, 0.2) is 22.6 Å². The van der Waals surface area contributed by atoms with E-state index in [1.54, 1.807) is 6.07 Å². The van der Waals surface area contributed by atoms with Gasteiger partial charge in [-0.25, -0.2) is 4.39 Å². The van der Waals surface area contributed by atoms with Gasteiger partial charge >= 0.3 is 0 Å². The molecule has 0 amide bonds. The van der Waals surface area contributed by atoms with Crippen molar-refractivity contribution in [2.45, 2.75) is 32.3 Å². The number of aryl methyl sites for hydroxylation is 1. The lowest BCUT2D eigenvalue weighted by atomic mass is 10.1. The average Bonchev–Trinajstić information content (AvgIpc) is 2.87. The molecule has 0 saturated heterocycles. The summed E-state index contributed by atoms with van der Waals surface area (Å²) in [7, 11) is 0. The molecule has 1 aliphatic carbocycles. The van der Waals surface area contributed by atoms with Crippen LogP contribution in [0.25, 0.3) is 11.0 Å². The SMILES string of the molecule is CCC1CC1(O)c1oc2ccc(F)cc2c1C. The van der Waals surface area contributed by atoms with Crippen molar-refractivity contribution in [3.63, 3.8) is 0 Å². The summed E-state index contributed by atoms with van der Waals surface area (Å²) in [5, 5.41) is 11.2. The Morgan fingerprint density at radius 2 is 2.29 bits per heavy atom. The molecule has 0 spiro atoms. The van der Waals surface area contributed by atoms with Crippen LogP contribution in [-0.2, 0) is 5.60 Å². The maximum absolute atomic E-state index is 13.2. The topological polar surface area (TPSA) is 33.4 Å². The van der Waals surface area contributed by atoms with Gasteiger partial charge in [-0.15, -0.1) is 0 Å². The van der Waals surface area contributed by atoms with Crippen LogP contribution in [-0.4, -0.2) is 5.11 Å². The van der Waals surface area contributed by atoms with E-state index in [1.807, 2.05) is 6.92 Å². The summed E-state index contributed by atoms with van der Waals surface area (Å²) in [4.78, 5) is 0. The van der Waals surface area contributed by atoms with E-state index in [0.717, 1.165) is 23.8 Å². The zero-order chi connectivity index (χ0) is 12.2. The first-order valence-electron chi connectivity index (χ1n) is 5.97. The van der Waals surface area contributed by atoms with E-state index in [1.165, 1.54) is 12.1 Å². The summed E-state index contributed by atoms with van der Waals surface area (Å²) < 4.78 is 18.9. The predicted octanol–water partition coefficient (Wildman–Crippen LogP) is 3.50. The molecule has 1 aliphatic rings. The molecule has 90 valence electrons. The van der Waals surface area contributed by atoms with Gasteiger partial charge in [0.05, 0.1) is 0 Å². The Morgan fingerprint density at radius 3 is 2.94 bits per heavy atom. The van der Waals surface area contributed by atoms with Gasteiger partial charge in [0.2, 0.25) is 0 Å². The highest BCUT2D eigenvalue weighted by Crippen LogP contribution is 2.55. The first kappa shape index (κ1) is 10.8. The average molecular weight is 234 g/mol. The van der Waals surface area contributed by atoms with E-state index in [0.29, 0.717) is 11.3 Å². The van der Waals surface area contributed by atoms with Gasteiger partial charge in [0, 0.05) is 10.9 Å². The Kier molecular flexibility index (Phi) is 2.11. The summed E-state index contributed by atoms with van der Waals surface area (Å²) >= 11 is 0. The minimum absolute atomic E-state index is 0.270. The second-order valence-corrected chi connectivity index (χ2v) is 4.93. The summed E-state index contributed by atoms with van der Waals surface area (Å²) in [5.41, 5.74) is 0.681. The molecule has 1 aromatic heterocycles. The first-order chi connectivity index (χ1) is 8.06. The largest absolute Gasteiger partial charge is 0.458 e. The van der Waals surface area contributed by atoms with Crippen LogP contribution in [0.5, 0.6) is 0 Å². The van der Waals surface area contributed by atoms with Gasteiger partial charge < -0.3 is 9.52 Å². The highest BCUT2D eigenvalue weighted by Gasteiger charge is 2.56. The molecule has 0 radical (unpaired) electrons. The lowest BCUT2D eigenvalue weighted by Crippen LogP contribution is -2.08. The zero-order valence-electron chi connectivity index (χ0n) is 9.96. The second-order valence-electron chi connectivity index (χ2n) is 4.93. The monoisotopic (exact) mass is 234 g/mol. The number of halogens is 1. The molecule has 3 rings (SSSR count). The summed E-state index contributed by atoms with van der Waals surface area (Å²) in [6.07, 6.45) is 1.67. The van der Waals surface area contributed by atoms with Gasteiger partial charge in [-0.1, -0.05) is 6.92 Å². The number of furan rings is 1. The highest BCUT2D eigenvalue weighted by molar-refractivity contribution is 5.82. The van der Waals surface area contributed by atoms with Gasteiger partial charge in [-0.2, -0.15) is 0 Å². The molecule has 2 atom stereocenters. The summed E-state index contributed by atoms with van der Waals surface area (Å²) in [5.74, 6) is 0.610. The smallest absolute Gasteiger partial charge is 0.140 e. The Balaban J connectivity index is 2.16. The number of benzene rings is 1. The number of hydrogen-bond donors (Lipinski definition) is 1. The fourth-order valence-electron chi connectivity index (χ4n) is 2.68. The van der Waals surface area contributed by atoms with E-state index >= 15 is 0 Å². The zero-order valence-corrected chi connectivity index (χ0v) is 9.96. The van der Waals surface area contributed by atoms with Crippen LogP contribution in [0.4, 0.5) is 4.39 Å². The van der Waals surface area contributed by atoms with Gasteiger partial charge in [0.15, 0.2) is 0 Å². The van der Waals surface area contributed by atoms with Gasteiger partial charge in [0.1, 0.15) is 22.8 Å². The summed E-state index contributed by atoms with van der Waals surface area (Å²) in [6, 6.07) is 4.46. The maximum atomic E-state index is 13.2. The van der Waals surface area contributed by atoms with Crippen molar-refractivity contribution < 1.29 is 13.9 Å². The molecule has 2 aromatic rings. The third kappa shape index (κ3) is 1.42. The molecule has 1 heterocycles. The van der Waals surface area contributed by atoms with Crippen LogP contribution in [0, 0.1) is 18.7 Å². The Labute approximate surface area is 99.1 Å². The quantitative estimate of drug-likeness (QED) is 0.862. The minimum atomic E-state index is -0.825. The third-order valence-electron chi connectivity index (χ3n) is 3.86. The Hall–Kier alpha value is -1.35. The lowest BCUT2D eigenvalue weighted by Gasteiger charge is -2.07. The van der Waals surface area contributed by atoms with Gasteiger partial charge in [-0.05, 0) is 43.9 Å². The van der Waals surface area contributed by atoms with Crippen molar-refractivity contribution in [3.05, 3.63) is 35.3 Å². The van der Waals surface area contributed by atoms with E-state index in [2.05, 4.69) is 6.92 Å². The molecule has 0 aliphatic heterocycles. The molecule has 1 fully saturated rings. The predicted molar refractivity (Wildman–Crippen MR) is 63.2 cm³/mol. The first-order valence-corrected chi connectivity index (χ1v) is 5.97. The van der Waals surface area contributed by atoms with Crippen LogP contribution < -0.4 is 0 Å². The van der Waals surface area contributed by atoms with Crippen molar-refractivity contribution >= 4 is 11.0 Å². The van der Waals surface area contributed by atoms with Crippen molar-refractivity contribution in [2.75, 3.05) is 0 Å². The van der Waals surface area contributed by atoms with Gasteiger partial charge in [-0.3, -0.25) is 0 Å². The standard InChI is InChI=1S/C14H15FO2/c1-3-9-7-14(9,16)13-8(2)11-6-10(15)4-5-12(11)17-13/h4-6,9,16H,3,7H2,1-2H3. The van der Waals surface area contributed by atoms with E-state index in [4.69, 9.17) is 4.42 Å². The Bertz CT molecular complexity index is 587. The second kappa shape index (κ2) is 3.33. The molecule has 2 nitrogen and oxygen atoms in total. The molecule has 1 saturated carbocycles. The van der Waals surface area contributed by atoms with Crippen molar-refractivity contribution in [2.24, 2.45) is 5.92 Å². The van der Waals surface area contributed by atoms with Crippen LogP contribution in [0.2, 0.25) is 0 Å². The van der Waals surface area contributed by atoms with E-state index in [-0.39, 0.29) is 11.7 Å². The molecular formula is C14H15FO2. The number of hydrogen-bond acceptors (Lipinski definition) is 2. The highest BCUT2D eigenvalue weighted by atomic mass is 19.1. The maximum Gasteiger partial charge on any atom is 0.140 e. The molecular weight excluding hydrogens is 219 g/mol. The third-order valence-corrected chi connectivity index (χ3v) is 3.86. The molecule has 2 unspecified atom stereocenters. The number of fused-ring (bicyclic) bond motifs is 1. The molecule has 3 heteroatoms. The van der Waals surface area contributed by atoms with E-state index < -0.39 is 5.60 Å². The number of aliphatic hydroxyl groups is 1. The van der Waals surface area contributed by atoms with Crippen molar-refractivity contribution in [1.29, 1.82) is 0 Å². The molecule has 0 bridgehead atoms. The minimum Gasteiger partial charge on any atom is -0.458 e. The molecule has 1 N–H and O–H groups in total. The molecule has 17 heavy (non-hydrogen) atoms. The lowest BCUT2D eigenvalue weighted by molar-refractivity contribution is 0.105. The van der Waals surface area contributed by atoms with Crippen LogP contribution >= 0.6 is 0 Å². The fraction of sp³-hybridized carbons (Fsp3) is 0.429. The summed E-state index contributed by atoms with van der Waals surface area (Å²) in [6.45, 7) is 3.93. The Morgan fingerprint density at radius 1 is 1.53 bits per heavy atom. The van der Waals surface area contributed by atoms with Crippen molar-refractivity contribution in [1.82, 2.24) is 0 Å². The van der Waals surface area contributed by atoms with Crippen molar-refractivity contribution in [3.8, 4) is 0 Å². The van der Waals surface area contributed by atoms with Gasteiger partial charge in [0.25, 0.3) is 0 Å². The fourth-order valence-corrected chi connectivity index (χ4v) is 2.68. The molecule has 1 aromatic carbocycles. The normalized spacial score (nSPS) is 27.6.